The van der Waals surface area contributed by atoms with E-state index in [1.807, 2.05) is 0 Å². The maximum Gasteiger partial charge on any atom is 0.325 e. The zero-order valence-corrected chi connectivity index (χ0v) is 12.6. The van der Waals surface area contributed by atoms with Crippen LogP contribution < -0.4 is 0 Å². The number of halogens is 1. The van der Waals surface area contributed by atoms with Crippen LogP contribution >= 0.6 is 0 Å². The van der Waals surface area contributed by atoms with E-state index in [4.69, 9.17) is 4.74 Å². The number of hydrogen-bond acceptors (Lipinski definition) is 3. The third-order valence-corrected chi connectivity index (χ3v) is 3.05. The van der Waals surface area contributed by atoms with Crippen molar-refractivity contribution in [2.24, 2.45) is 0 Å². The smallest absolute Gasteiger partial charge is 0.325 e. The first-order valence-corrected chi connectivity index (χ1v) is 7.21. The molecule has 1 rings (SSSR count). The Labute approximate surface area is 124 Å². The van der Waals surface area contributed by atoms with Gasteiger partial charge in [0, 0.05) is 12.6 Å². The number of unbranched alkanes of at least 4 members (excludes halogenated alkanes) is 3. The van der Waals surface area contributed by atoms with Crippen molar-refractivity contribution in [1.29, 1.82) is 0 Å². The number of ether oxygens (including phenoxy) is 1. The monoisotopic (exact) mass is 295 g/mol. The van der Waals surface area contributed by atoms with E-state index < -0.39 is 17.7 Å². The molecule has 21 heavy (non-hydrogen) atoms. The Morgan fingerprint density at radius 1 is 1.24 bits per heavy atom. The highest BCUT2D eigenvalue weighted by atomic mass is 19.1. The van der Waals surface area contributed by atoms with Crippen LogP contribution in [0.2, 0.25) is 0 Å². The Hall–Kier alpha value is -1.91. The van der Waals surface area contributed by atoms with Gasteiger partial charge in [0.15, 0.2) is 0 Å². The van der Waals surface area contributed by atoms with Gasteiger partial charge in [-0.15, -0.1) is 0 Å². The number of hydrogen-bond donors (Lipinski definition) is 0. The van der Waals surface area contributed by atoms with Crippen LogP contribution in [0.5, 0.6) is 0 Å². The second-order valence-electron chi connectivity index (χ2n) is 4.95. The number of benzene rings is 1. The highest BCUT2D eigenvalue weighted by molar-refractivity contribution is 5.95. The molecule has 0 atom stereocenters. The summed E-state index contributed by atoms with van der Waals surface area (Å²) in [6.45, 7) is 2.35. The fraction of sp³-hybridized carbons (Fsp3) is 0.500. The summed E-state index contributed by atoms with van der Waals surface area (Å²) in [6, 6.07) is 5.39. The van der Waals surface area contributed by atoms with E-state index in [2.05, 4.69) is 6.92 Å². The molecule has 1 amide bonds. The minimum atomic E-state index is -0.479. The molecule has 5 heteroatoms. The van der Waals surface area contributed by atoms with Crippen molar-refractivity contribution in [2.45, 2.75) is 32.6 Å². The summed E-state index contributed by atoms with van der Waals surface area (Å²) in [6.07, 6.45) is 4.11. The molecule has 1 aromatic carbocycles. The molecule has 0 radical (unpaired) electrons. The van der Waals surface area contributed by atoms with E-state index in [0.717, 1.165) is 31.7 Å². The number of nitrogens with zero attached hydrogens (tertiary/aromatic N) is 1. The molecule has 0 aliphatic rings. The summed E-state index contributed by atoms with van der Waals surface area (Å²) < 4.78 is 18.1. The van der Waals surface area contributed by atoms with Crippen molar-refractivity contribution in [3.05, 3.63) is 35.6 Å². The first kappa shape index (κ1) is 17.1. The molecule has 0 spiro atoms. The third kappa shape index (κ3) is 6.38. The number of amides is 1. The van der Waals surface area contributed by atoms with Crippen LogP contribution in [0.25, 0.3) is 0 Å². The van der Waals surface area contributed by atoms with Gasteiger partial charge in [-0.05, 0) is 24.6 Å². The van der Waals surface area contributed by atoms with Crippen molar-refractivity contribution in [3.63, 3.8) is 0 Å². The van der Waals surface area contributed by atoms with Gasteiger partial charge in [-0.3, -0.25) is 9.59 Å². The summed E-state index contributed by atoms with van der Waals surface area (Å²) in [7, 11) is 1.49. The van der Waals surface area contributed by atoms with Crippen LogP contribution in [-0.2, 0) is 9.53 Å². The van der Waals surface area contributed by atoms with Crippen LogP contribution in [0, 0.1) is 5.82 Å². The SMILES string of the molecule is CCCCCCOC(=O)CN(C)C(=O)c1cccc(F)c1. The van der Waals surface area contributed by atoms with Gasteiger partial charge in [0.1, 0.15) is 12.4 Å². The molecule has 0 saturated heterocycles. The third-order valence-electron chi connectivity index (χ3n) is 3.05. The number of esters is 1. The second-order valence-corrected chi connectivity index (χ2v) is 4.95. The number of rotatable bonds is 8. The van der Waals surface area contributed by atoms with E-state index in [1.165, 1.54) is 30.1 Å². The number of carbonyl (C=O) groups is 2. The Morgan fingerprint density at radius 3 is 2.67 bits per heavy atom. The lowest BCUT2D eigenvalue weighted by Crippen LogP contribution is -2.33. The Balaban J connectivity index is 2.36. The molecule has 0 aliphatic carbocycles. The Bertz CT molecular complexity index is 476. The molecule has 0 aliphatic heterocycles. The fourth-order valence-electron chi connectivity index (χ4n) is 1.87. The lowest BCUT2D eigenvalue weighted by atomic mass is 10.2. The topological polar surface area (TPSA) is 46.6 Å². The van der Waals surface area contributed by atoms with Gasteiger partial charge < -0.3 is 9.64 Å². The summed E-state index contributed by atoms with van der Waals surface area (Å²) in [5.41, 5.74) is 0.216. The van der Waals surface area contributed by atoms with Gasteiger partial charge in [0.05, 0.1) is 6.61 Å². The number of likely N-dealkylation sites (N-methyl/N-ethyl adjacent to an activating group) is 1. The van der Waals surface area contributed by atoms with E-state index in [-0.39, 0.29) is 12.1 Å². The van der Waals surface area contributed by atoms with E-state index in [0.29, 0.717) is 6.61 Å². The van der Waals surface area contributed by atoms with Gasteiger partial charge in [-0.1, -0.05) is 32.3 Å². The molecule has 4 nitrogen and oxygen atoms in total. The summed E-state index contributed by atoms with van der Waals surface area (Å²) in [5, 5.41) is 0. The van der Waals surface area contributed by atoms with Gasteiger partial charge in [0.25, 0.3) is 5.91 Å². The van der Waals surface area contributed by atoms with Crippen molar-refractivity contribution in [3.8, 4) is 0 Å². The second kappa shape index (κ2) is 9.10. The molecule has 0 fully saturated rings. The quantitative estimate of drug-likeness (QED) is 0.547. The molecule has 0 heterocycles. The molecule has 0 aromatic heterocycles. The van der Waals surface area contributed by atoms with Crippen molar-refractivity contribution < 1.29 is 18.7 Å². The fourth-order valence-corrected chi connectivity index (χ4v) is 1.87. The standard InChI is InChI=1S/C16H22FNO3/c1-3-4-5-6-10-21-15(19)12-18(2)16(20)13-8-7-9-14(17)11-13/h7-9,11H,3-6,10,12H2,1-2H3. The first-order valence-electron chi connectivity index (χ1n) is 7.21. The minimum Gasteiger partial charge on any atom is -0.464 e. The zero-order valence-electron chi connectivity index (χ0n) is 12.6. The van der Waals surface area contributed by atoms with Crippen molar-refractivity contribution in [1.82, 2.24) is 4.90 Å². The predicted molar refractivity (Wildman–Crippen MR) is 78.5 cm³/mol. The molecular weight excluding hydrogens is 273 g/mol. The lowest BCUT2D eigenvalue weighted by molar-refractivity contribution is -0.144. The minimum absolute atomic E-state index is 0.136. The Morgan fingerprint density at radius 2 is 2.00 bits per heavy atom. The summed E-state index contributed by atoms with van der Waals surface area (Å²) in [5.74, 6) is -1.33. The van der Waals surface area contributed by atoms with Gasteiger partial charge in [0.2, 0.25) is 0 Å². The highest BCUT2D eigenvalue weighted by Gasteiger charge is 2.16. The lowest BCUT2D eigenvalue weighted by Gasteiger charge is -2.16. The van der Waals surface area contributed by atoms with Crippen LogP contribution in [-0.4, -0.2) is 37.0 Å². The van der Waals surface area contributed by atoms with Gasteiger partial charge in [-0.2, -0.15) is 0 Å². The highest BCUT2D eigenvalue weighted by Crippen LogP contribution is 2.06. The van der Waals surface area contributed by atoms with Gasteiger partial charge in [-0.25, -0.2) is 4.39 Å². The molecule has 1 aromatic rings. The zero-order chi connectivity index (χ0) is 15.7. The molecule has 0 unspecified atom stereocenters. The van der Waals surface area contributed by atoms with Crippen molar-refractivity contribution in [2.75, 3.05) is 20.2 Å². The molecule has 116 valence electrons. The van der Waals surface area contributed by atoms with Crippen LogP contribution in [0.1, 0.15) is 43.0 Å². The first-order chi connectivity index (χ1) is 10.0. The van der Waals surface area contributed by atoms with Gasteiger partial charge >= 0.3 is 5.97 Å². The average Bonchev–Trinajstić information content (AvgIpc) is 2.46. The molecular formula is C16H22FNO3. The van der Waals surface area contributed by atoms with E-state index in [1.54, 1.807) is 0 Å². The summed E-state index contributed by atoms with van der Waals surface area (Å²) in [4.78, 5) is 24.8. The Kier molecular flexibility index (Phi) is 7.43. The van der Waals surface area contributed by atoms with Crippen molar-refractivity contribution >= 4 is 11.9 Å². The van der Waals surface area contributed by atoms with E-state index in [9.17, 15) is 14.0 Å². The molecule has 0 N–H and O–H groups in total. The maximum absolute atomic E-state index is 13.1. The maximum atomic E-state index is 13.1. The summed E-state index contributed by atoms with van der Waals surface area (Å²) >= 11 is 0. The molecule has 0 bridgehead atoms. The van der Waals surface area contributed by atoms with E-state index >= 15 is 0 Å². The van der Waals surface area contributed by atoms with Crippen LogP contribution in [0.4, 0.5) is 4.39 Å². The van der Waals surface area contributed by atoms with Crippen LogP contribution in [0.15, 0.2) is 24.3 Å². The number of carbonyl (C=O) groups excluding carboxylic acids is 2. The largest absolute Gasteiger partial charge is 0.464 e. The average molecular weight is 295 g/mol. The predicted octanol–water partition coefficient (Wildman–Crippen LogP) is 3.02. The van der Waals surface area contributed by atoms with Crippen LogP contribution in [0.3, 0.4) is 0 Å². The normalized spacial score (nSPS) is 10.2. The molecule has 0 saturated carbocycles.